The average Bonchev–Trinajstić information content (AvgIpc) is 3.31. The van der Waals surface area contributed by atoms with E-state index >= 15 is 0 Å². The van der Waals surface area contributed by atoms with Gasteiger partial charge in [-0.05, 0) is 77.6 Å². The third-order valence-electron chi connectivity index (χ3n) is 6.84. The maximum Gasteiger partial charge on any atom is 0.307 e. The van der Waals surface area contributed by atoms with E-state index in [1.807, 2.05) is 12.3 Å². The van der Waals surface area contributed by atoms with Crippen molar-refractivity contribution in [3.05, 3.63) is 82.0 Å². The standard InChI is InChI=1S/C26H25NO3/c1-14-6-4-7-15(2)23(14)19-9-5-8-17(16(19)3)13-30-22-11-18-10-20-24(21(18)12-27-22)25(20)26(28)29/h4-9,11-12,20,24-25H,10,13H2,1-3H3,(H,28,29)/t20?,24-,25+/m1/s1. The van der Waals surface area contributed by atoms with Crippen molar-refractivity contribution in [2.75, 3.05) is 0 Å². The van der Waals surface area contributed by atoms with E-state index in [9.17, 15) is 9.90 Å². The molecule has 1 aromatic heterocycles. The molecule has 0 saturated heterocycles. The summed E-state index contributed by atoms with van der Waals surface area (Å²) in [7, 11) is 0. The van der Waals surface area contributed by atoms with Crippen LogP contribution in [0.5, 0.6) is 5.88 Å². The lowest BCUT2D eigenvalue weighted by Gasteiger charge is -2.16. The highest BCUT2D eigenvalue weighted by Gasteiger charge is 2.59. The molecule has 2 aliphatic carbocycles. The first-order valence-corrected chi connectivity index (χ1v) is 10.4. The van der Waals surface area contributed by atoms with Crippen molar-refractivity contribution in [3.8, 4) is 17.0 Å². The van der Waals surface area contributed by atoms with Crippen molar-refractivity contribution >= 4 is 5.97 Å². The van der Waals surface area contributed by atoms with Crippen molar-refractivity contribution < 1.29 is 14.6 Å². The molecule has 4 nitrogen and oxygen atoms in total. The van der Waals surface area contributed by atoms with Crippen LogP contribution < -0.4 is 4.74 Å². The van der Waals surface area contributed by atoms with Crippen LogP contribution in [0.1, 0.15) is 39.3 Å². The van der Waals surface area contributed by atoms with Crippen molar-refractivity contribution in [2.45, 2.75) is 39.7 Å². The zero-order chi connectivity index (χ0) is 21.0. The van der Waals surface area contributed by atoms with Crippen LogP contribution in [0.2, 0.25) is 0 Å². The first-order valence-electron chi connectivity index (χ1n) is 10.4. The van der Waals surface area contributed by atoms with Gasteiger partial charge in [0.1, 0.15) is 6.61 Å². The average molecular weight is 399 g/mol. The lowest BCUT2D eigenvalue weighted by molar-refractivity contribution is -0.139. The molecule has 1 heterocycles. The highest BCUT2D eigenvalue weighted by atomic mass is 16.5. The van der Waals surface area contributed by atoms with Crippen LogP contribution >= 0.6 is 0 Å². The Kier molecular flexibility index (Phi) is 4.39. The number of fused-ring (bicyclic) bond motifs is 3. The van der Waals surface area contributed by atoms with Gasteiger partial charge in [0.2, 0.25) is 5.88 Å². The van der Waals surface area contributed by atoms with Crippen LogP contribution in [-0.2, 0) is 17.8 Å². The number of hydrogen-bond acceptors (Lipinski definition) is 3. The monoisotopic (exact) mass is 399 g/mol. The van der Waals surface area contributed by atoms with E-state index in [0.717, 1.165) is 17.5 Å². The molecule has 0 aliphatic heterocycles. The number of aromatic nitrogens is 1. The molecule has 3 aromatic rings. The Labute approximate surface area is 176 Å². The fourth-order valence-corrected chi connectivity index (χ4v) is 5.19. The molecule has 0 amide bonds. The van der Waals surface area contributed by atoms with Crippen LogP contribution in [0.4, 0.5) is 0 Å². The SMILES string of the molecule is Cc1cccc(C)c1-c1cccc(COc2cc3c(cn2)[C@H]2C(C3)[C@@H]2C(=O)O)c1C. The predicted octanol–water partition coefficient (Wildman–Crippen LogP) is 5.22. The number of ether oxygens (including phenoxy) is 1. The van der Waals surface area contributed by atoms with Gasteiger partial charge in [-0.3, -0.25) is 4.79 Å². The number of carboxylic acid groups (broad SMARTS) is 1. The van der Waals surface area contributed by atoms with Gasteiger partial charge < -0.3 is 9.84 Å². The largest absolute Gasteiger partial charge is 0.481 e. The molecule has 30 heavy (non-hydrogen) atoms. The Morgan fingerprint density at radius 3 is 2.60 bits per heavy atom. The summed E-state index contributed by atoms with van der Waals surface area (Å²) in [5.41, 5.74) is 9.73. The molecule has 2 aliphatic rings. The third kappa shape index (κ3) is 2.98. The molecule has 152 valence electrons. The Morgan fingerprint density at radius 2 is 1.87 bits per heavy atom. The van der Waals surface area contributed by atoms with Crippen LogP contribution in [0.25, 0.3) is 11.1 Å². The zero-order valence-electron chi connectivity index (χ0n) is 17.5. The molecule has 2 aromatic carbocycles. The summed E-state index contributed by atoms with van der Waals surface area (Å²) in [5, 5.41) is 9.27. The van der Waals surface area contributed by atoms with Gasteiger partial charge in [-0.2, -0.15) is 0 Å². The summed E-state index contributed by atoms with van der Waals surface area (Å²) < 4.78 is 6.05. The fourth-order valence-electron chi connectivity index (χ4n) is 5.19. The number of aliphatic carboxylic acids is 1. The molecule has 0 radical (unpaired) electrons. The number of carbonyl (C=O) groups is 1. The predicted molar refractivity (Wildman–Crippen MR) is 116 cm³/mol. The summed E-state index contributed by atoms with van der Waals surface area (Å²) in [5.74, 6) is 0.0940. The first kappa shape index (κ1) is 18.9. The van der Waals surface area contributed by atoms with Gasteiger partial charge in [0, 0.05) is 18.2 Å². The molecular weight excluding hydrogens is 374 g/mol. The van der Waals surface area contributed by atoms with Gasteiger partial charge in [-0.25, -0.2) is 4.98 Å². The van der Waals surface area contributed by atoms with E-state index in [-0.39, 0.29) is 17.8 Å². The normalized spacial score (nSPS) is 21.1. The molecule has 5 rings (SSSR count). The number of aryl methyl sites for hydroxylation is 2. The van der Waals surface area contributed by atoms with Crippen LogP contribution in [-0.4, -0.2) is 16.1 Å². The minimum Gasteiger partial charge on any atom is -0.481 e. The first-order chi connectivity index (χ1) is 14.5. The highest BCUT2D eigenvalue weighted by Crippen LogP contribution is 2.61. The summed E-state index contributed by atoms with van der Waals surface area (Å²) in [6, 6.07) is 14.8. The van der Waals surface area contributed by atoms with E-state index in [4.69, 9.17) is 4.74 Å². The molecule has 1 saturated carbocycles. The maximum absolute atomic E-state index is 11.3. The number of pyridine rings is 1. The van der Waals surface area contributed by atoms with Gasteiger partial charge in [-0.15, -0.1) is 0 Å². The van der Waals surface area contributed by atoms with E-state index in [2.05, 4.69) is 62.2 Å². The highest BCUT2D eigenvalue weighted by molar-refractivity contribution is 5.78. The van der Waals surface area contributed by atoms with E-state index in [1.54, 1.807) is 0 Å². The van der Waals surface area contributed by atoms with Crippen LogP contribution in [0, 0.1) is 32.6 Å². The number of rotatable bonds is 5. The Morgan fingerprint density at radius 1 is 1.13 bits per heavy atom. The Balaban J connectivity index is 1.35. The number of nitrogens with zero attached hydrogens (tertiary/aromatic N) is 1. The zero-order valence-corrected chi connectivity index (χ0v) is 17.5. The van der Waals surface area contributed by atoms with E-state index < -0.39 is 5.97 Å². The van der Waals surface area contributed by atoms with Crippen LogP contribution in [0.15, 0.2) is 48.7 Å². The Bertz CT molecular complexity index is 1150. The van der Waals surface area contributed by atoms with E-state index in [1.165, 1.54) is 33.4 Å². The van der Waals surface area contributed by atoms with Gasteiger partial charge in [0.15, 0.2) is 0 Å². The second kappa shape index (κ2) is 6.98. The Hall–Kier alpha value is -3.14. The molecule has 0 spiro atoms. The molecule has 1 N–H and O–H groups in total. The lowest BCUT2D eigenvalue weighted by atomic mass is 9.91. The molecular formula is C26H25NO3. The van der Waals surface area contributed by atoms with Crippen molar-refractivity contribution in [1.82, 2.24) is 4.98 Å². The fraction of sp³-hybridized carbons (Fsp3) is 0.308. The summed E-state index contributed by atoms with van der Waals surface area (Å²) in [6.45, 7) is 6.91. The van der Waals surface area contributed by atoms with Gasteiger partial charge >= 0.3 is 5.97 Å². The third-order valence-corrected chi connectivity index (χ3v) is 6.84. The van der Waals surface area contributed by atoms with Crippen LogP contribution in [0.3, 0.4) is 0 Å². The minimum atomic E-state index is -0.685. The number of carboxylic acids is 1. The minimum absolute atomic E-state index is 0.148. The summed E-state index contributed by atoms with van der Waals surface area (Å²) in [4.78, 5) is 15.7. The summed E-state index contributed by atoms with van der Waals surface area (Å²) >= 11 is 0. The van der Waals surface area contributed by atoms with Crippen molar-refractivity contribution in [1.29, 1.82) is 0 Å². The molecule has 3 atom stereocenters. The van der Waals surface area contributed by atoms with E-state index in [0.29, 0.717) is 12.5 Å². The van der Waals surface area contributed by atoms with Gasteiger partial charge in [0.05, 0.1) is 5.92 Å². The van der Waals surface area contributed by atoms with Gasteiger partial charge in [-0.1, -0.05) is 36.4 Å². The second-order valence-electron chi connectivity index (χ2n) is 8.62. The quantitative estimate of drug-likeness (QED) is 0.639. The van der Waals surface area contributed by atoms with Crippen molar-refractivity contribution in [2.24, 2.45) is 11.8 Å². The smallest absolute Gasteiger partial charge is 0.307 e. The molecule has 0 bridgehead atoms. The maximum atomic E-state index is 11.3. The molecule has 4 heteroatoms. The number of benzene rings is 2. The summed E-state index contributed by atoms with van der Waals surface area (Å²) in [6.07, 6.45) is 2.63. The lowest BCUT2D eigenvalue weighted by Crippen LogP contribution is -2.06. The second-order valence-corrected chi connectivity index (χ2v) is 8.62. The molecule has 1 unspecified atom stereocenters. The molecule has 1 fully saturated rings. The number of hydrogen-bond donors (Lipinski definition) is 1. The van der Waals surface area contributed by atoms with Gasteiger partial charge in [0.25, 0.3) is 0 Å². The topological polar surface area (TPSA) is 59.4 Å². The van der Waals surface area contributed by atoms with Crippen molar-refractivity contribution in [3.63, 3.8) is 0 Å².